The molecule has 1 aromatic rings. The van der Waals surface area contributed by atoms with Crippen molar-refractivity contribution in [3.05, 3.63) is 18.2 Å². The van der Waals surface area contributed by atoms with E-state index >= 15 is 0 Å². The van der Waals surface area contributed by atoms with Crippen LogP contribution >= 0.6 is 0 Å². The van der Waals surface area contributed by atoms with Crippen molar-refractivity contribution in [1.29, 1.82) is 0 Å². The molecule has 3 aliphatic rings. The summed E-state index contributed by atoms with van der Waals surface area (Å²) in [7, 11) is -3.93. The van der Waals surface area contributed by atoms with Gasteiger partial charge in [0.25, 0.3) is 0 Å². The maximum absolute atomic E-state index is 12.9. The molecule has 0 unspecified atom stereocenters. The van der Waals surface area contributed by atoms with E-state index in [9.17, 15) is 18.0 Å². The molecule has 2 amide bonds. The van der Waals surface area contributed by atoms with Crippen molar-refractivity contribution in [3.63, 3.8) is 0 Å². The van der Waals surface area contributed by atoms with E-state index in [1.54, 1.807) is 15.9 Å². The van der Waals surface area contributed by atoms with E-state index in [2.05, 4.69) is 4.72 Å². The highest BCUT2D eigenvalue weighted by molar-refractivity contribution is 7.89. The highest BCUT2D eigenvalue weighted by atomic mass is 32.2. The van der Waals surface area contributed by atoms with Crippen LogP contribution in [0.3, 0.4) is 0 Å². The molecular weight excluding hydrogens is 464 g/mol. The second-order valence-corrected chi connectivity index (χ2v) is 10.3. The van der Waals surface area contributed by atoms with Gasteiger partial charge in [0, 0.05) is 51.8 Å². The Morgan fingerprint density at radius 2 is 1.62 bits per heavy atom. The van der Waals surface area contributed by atoms with Gasteiger partial charge >= 0.3 is 0 Å². The minimum absolute atomic E-state index is 0.0165. The van der Waals surface area contributed by atoms with Gasteiger partial charge < -0.3 is 24.0 Å². The van der Waals surface area contributed by atoms with Gasteiger partial charge in [0.1, 0.15) is 0 Å². The minimum Gasteiger partial charge on any atom is -0.490 e. The lowest BCUT2D eigenvalue weighted by molar-refractivity contribution is -0.138. The monoisotopic (exact) mass is 496 g/mol. The number of carbonyl (C=O) groups excluding carboxylic acids is 2. The van der Waals surface area contributed by atoms with Gasteiger partial charge in [-0.2, -0.15) is 4.72 Å². The standard InChI is InChI=1S/C22H32N4O7S/c1-17(23-34(29,30)18-3-4-19-20(15-18)33-12-2-11-32-19)22(28)26-7-5-24(6-8-26)16-21(27)25-9-13-31-14-10-25/h3-4,15,17,23H,2,5-14,16H2,1H3/t17-/m0/s1. The van der Waals surface area contributed by atoms with Gasteiger partial charge in [-0.15, -0.1) is 0 Å². The second-order valence-electron chi connectivity index (χ2n) is 8.60. The van der Waals surface area contributed by atoms with Crippen molar-refractivity contribution in [2.24, 2.45) is 0 Å². The van der Waals surface area contributed by atoms with Crippen molar-refractivity contribution in [3.8, 4) is 11.5 Å². The van der Waals surface area contributed by atoms with E-state index in [0.717, 1.165) is 6.42 Å². The molecule has 2 saturated heterocycles. The highest BCUT2D eigenvalue weighted by Crippen LogP contribution is 2.31. The number of carbonyl (C=O) groups is 2. The Kier molecular flexibility index (Phi) is 7.91. The third-order valence-corrected chi connectivity index (χ3v) is 7.68. The predicted molar refractivity (Wildman–Crippen MR) is 122 cm³/mol. The van der Waals surface area contributed by atoms with Crippen LogP contribution < -0.4 is 14.2 Å². The van der Waals surface area contributed by atoms with Gasteiger partial charge in [-0.05, 0) is 19.1 Å². The van der Waals surface area contributed by atoms with Crippen LogP contribution in [0.25, 0.3) is 0 Å². The summed E-state index contributed by atoms with van der Waals surface area (Å²) in [6, 6.07) is 3.50. The highest BCUT2D eigenvalue weighted by Gasteiger charge is 2.30. The zero-order valence-electron chi connectivity index (χ0n) is 19.4. The van der Waals surface area contributed by atoms with Crippen LogP contribution in [0.5, 0.6) is 11.5 Å². The molecule has 1 N–H and O–H groups in total. The van der Waals surface area contributed by atoms with Crippen molar-refractivity contribution in [2.75, 3.05) is 72.2 Å². The van der Waals surface area contributed by atoms with E-state index in [1.165, 1.54) is 19.1 Å². The molecule has 188 valence electrons. The number of hydrogen-bond acceptors (Lipinski definition) is 8. The van der Waals surface area contributed by atoms with E-state index < -0.39 is 16.1 Å². The minimum atomic E-state index is -3.93. The maximum Gasteiger partial charge on any atom is 0.241 e. The third-order valence-electron chi connectivity index (χ3n) is 6.14. The molecule has 0 aliphatic carbocycles. The molecule has 12 heteroatoms. The summed E-state index contributed by atoms with van der Waals surface area (Å²) in [5.74, 6) is 0.657. The number of hydrogen-bond donors (Lipinski definition) is 1. The number of piperazine rings is 1. The first-order chi connectivity index (χ1) is 16.3. The Hall–Kier alpha value is -2.41. The summed E-state index contributed by atoms with van der Waals surface area (Å²) in [6.07, 6.45) is 0.717. The smallest absolute Gasteiger partial charge is 0.241 e. The number of fused-ring (bicyclic) bond motifs is 1. The van der Waals surface area contributed by atoms with Crippen LogP contribution in [0.1, 0.15) is 13.3 Å². The van der Waals surface area contributed by atoms with Gasteiger partial charge in [0.05, 0.1) is 43.9 Å². The fourth-order valence-electron chi connectivity index (χ4n) is 4.17. The molecule has 11 nitrogen and oxygen atoms in total. The average molecular weight is 497 g/mol. The van der Waals surface area contributed by atoms with Crippen LogP contribution in [-0.2, 0) is 24.3 Å². The Bertz CT molecular complexity index is 989. The van der Waals surface area contributed by atoms with Crippen molar-refractivity contribution >= 4 is 21.8 Å². The summed E-state index contributed by atoms with van der Waals surface area (Å²) in [5.41, 5.74) is 0. The van der Waals surface area contributed by atoms with Gasteiger partial charge in [-0.3, -0.25) is 14.5 Å². The number of ether oxygens (including phenoxy) is 3. The predicted octanol–water partition coefficient (Wildman–Crippen LogP) is -0.482. The van der Waals surface area contributed by atoms with Crippen LogP contribution in [-0.4, -0.2) is 113 Å². The van der Waals surface area contributed by atoms with Crippen molar-refractivity contribution < 1.29 is 32.2 Å². The zero-order valence-corrected chi connectivity index (χ0v) is 20.2. The summed E-state index contributed by atoms with van der Waals surface area (Å²) >= 11 is 0. The van der Waals surface area contributed by atoms with Gasteiger partial charge in [-0.1, -0.05) is 0 Å². The Morgan fingerprint density at radius 1 is 0.941 bits per heavy atom. The molecule has 4 rings (SSSR count). The first-order valence-electron chi connectivity index (χ1n) is 11.6. The number of morpholine rings is 1. The lowest BCUT2D eigenvalue weighted by Gasteiger charge is -2.37. The summed E-state index contributed by atoms with van der Waals surface area (Å²) in [6.45, 7) is 7.15. The Labute approximate surface area is 200 Å². The third kappa shape index (κ3) is 5.98. The zero-order chi connectivity index (χ0) is 24.1. The number of amides is 2. The molecule has 1 atom stereocenters. The summed E-state index contributed by atoms with van der Waals surface area (Å²) in [5, 5.41) is 0. The van der Waals surface area contributed by atoms with E-state index in [-0.39, 0.29) is 16.7 Å². The first kappa shape index (κ1) is 24.7. The fraction of sp³-hybridized carbons (Fsp3) is 0.636. The number of nitrogens with zero attached hydrogens (tertiary/aromatic N) is 3. The van der Waals surface area contributed by atoms with Crippen LogP contribution in [0, 0.1) is 0 Å². The molecule has 3 aliphatic heterocycles. The molecular formula is C22H32N4O7S. The van der Waals surface area contributed by atoms with Crippen molar-refractivity contribution in [2.45, 2.75) is 24.3 Å². The normalized spacial score (nSPS) is 20.5. The first-order valence-corrected chi connectivity index (χ1v) is 13.1. The topological polar surface area (TPSA) is 118 Å². The van der Waals surface area contributed by atoms with E-state index in [4.69, 9.17) is 14.2 Å². The lowest BCUT2D eigenvalue weighted by Crippen LogP contribution is -2.55. The largest absolute Gasteiger partial charge is 0.490 e. The Morgan fingerprint density at radius 3 is 2.32 bits per heavy atom. The van der Waals surface area contributed by atoms with E-state index in [1.807, 2.05) is 4.90 Å². The van der Waals surface area contributed by atoms with Gasteiger partial charge in [-0.25, -0.2) is 8.42 Å². The van der Waals surface area contributed by atoms with Crippen LogP contribution in [0.4, 0.5) is 0 Å². The molecule has 3 heterocycles. The summed E-state index contributed by atoms with van der Waals surface area (Å²) < 4.78 is 44.7. The summed E-state index contributed by atoms with van der Waals surface area (Å²) in [4.78, 5) is 30.8. The molecule has 0 bridgehead atoms. The fourth-order valence-corrected chi connectivity index (χ4v) is 5.38. The quantitative estimate of drug-likeness (QED) is 0.561. The van der Waals surface area contributed by atoms with Crippen LogP contribution in [0.2, 0.25) is 0 Å². The molecule has 0 aromatic heterocycles. The SMILES string of the molecule is C[C@H](NS(=O)(=O)c1ccc2c(c1)OCCCO2)C(=O)N1CCN(CC(=O)N2CCOCC2)CC1. The molecule has 0 radical (unpaired) electrons. The number of rotatable bonds is 6. The van der Waals surface area contributed by atoms with E-state index in [0.29, 0.717) is 83.7 Å². The molecule has 34 heavy (non-hydrogen) atoms. The Balaban J connectivity index is 1.29. The van der Waals surface area contributed by atoms with Gasteiger partial charge in [0.2, 0.25) is 21.8 Å². The molecule has 1 aromatic carbocycles. The average Bonchev–Trinajstić information content (AvgIpc) is 3.09. The lowest BCUT2D eigenvalue weighted by atomic mass is 10.2. The number of sulfonamides is 1. The molecule has 0 saturated carbocycles. The molecule has 2 fully saturated rings. The maximum atomic E-state index is 12.9. The number of nitrogens with one attached hydrogen (secondary N) is 1. The second kappa shape index (κ2) is 10.9. The van der Waals surface area contributed by atoms with Crippen molar-refractivity contribution in [1.82, 2.24) is 19.4 Å². The van der Waals surface area contributed by atoms with Crippen LogP contribution in [0.15, 0.2) is 23.1 Å². The number of benzene rings is 1. The molecule has 0 spiro atoms. The van der Waals surface area contributed by atoms with Gasteiger partial charge in [0.15, 0.2) is 11.5 Å².